The predicted octanol–water partition coefficient (Wildman–Crippen LogP) is 4.95. The molecule has 0 saturated heterocycles. The van der Waals surface area contributed by atoms with Crippen LogP contribution in [0.5, 0.6) is 5.75 Å². The average Bonchev–Trinajstić information content (AvgIpc) is 3.28. The van der Waals surface area contributed by atoms with E-state index in [4.69, 9.17) is 21.2 Å². The van der Waals surface area contributed by atoms with E-state index in [2.05, 4.69) is 16.1 Å². The Bertz CT molecular complexity index is 1060. The molecule has 0 aromatic heterocycles. The number of nitrogens with zero attached hydrogens (tertiary/aromatic N) is 2. The molecule has 1 heterocycles. The van der Waals surface area contributed by atoms with E-state index in [1.165, 1.54) is 0 Å². The maximum absolute atomic E-state index is 10.8. The van der Waals surface area contributed by atoms with Crippen molar-refractivity contribution in [2.75, 3.05) is 20.2 Å². The summed E-state index contributed by atoms with van der Waals surface area (Å²) in [5.74, 6) is 0.822. The van der Waals surface area contributed by atoms with Gasteiger partial charge in [-0.05, 0) is 47.4 Å². The second-order valence-corrected chi connectivity index (χ2v) is 8.80. The summed E-state index contributed by atoms with van der Waals surface area (Å²) < 4.78 is 5.38. The number of rotatable bonds is 10. The first-order chi connectivity index (χ1) is 16.1. The second-order valence-electron chi connectivity index (χ2n) is 8.37. The summed E-state index contributed by atoms with van der Waals surface area (Å²) in [5.41, 5.74) is 4.18. The van der Waals surface area contributed by atoms with E-state index in [9.17, 15) is 5.11 Å². The lowest BCUT2D eigenvalue weighted by molar-refractivity contribution is 0.0322. The van der Waals surface area contributed by atoms with Gasteiger partial charge in [-0.25, -0.2) is 0 Å². The van der Waals surface area contributed by atoms with Crippen LogP contribution in [0.3, 0.4) is 0 Å². The van der Waals surface area contributed by atoms with Crippen molar-refractivity contribution in [2.45, 2.75) is 31.6 Å². The third kappa shape index (κ3) is 6.81. The summed E-state index contributed by atoms with van der Waals surface area (Å²) in [6.45, 7) is 1.87. The van der Waals surface area contributed by atoms with E-state index in [1.807, 2.05) is 72.8 Å². The SMILES string of the molecule is COc1cccc(CN(C[C@@H](O)Cc2ccccc2)C[C@@H]2CC(c3ccc(Cl)cc3)=NO2)c1. The quantitative estimate of drug-likeness (QED) is 0.461. The van der Waals surface area contributed by atoms with Crippen LogP contribution < -0.4 is 4.74 Å². The van der Waals surface area contributed by atoms with Crippen molar-refractivity contribution >= 4 is 17.3 Å². The highest BCUT2D eigenvalue weighted by molar-refractivity contribution is 6.30. The number of aliphatic hydroxyl groups is 1. The molecule has 0 bridgehead atoms. The minimum Gasteiger partial charge on any atom is -0.497 e. The van der Waals surface area contributed by atoms with E-state index in [0.29, 0.717) is 37.5 Å². The lowest BCUT2D eigenvalue weighted by Gasteiger charge is -2.27. The number of halogens is 1. The summed E-state index contributed by atoms with van der Waals surface area (Å²) in [6.07, 6.45) is 0.750. The molecule has 0 radical (unpaired) electrons. The zero-order chi connectivity index (χ0) is 23.0. The van der Waals surface area contributed by atoms with Gasteiger partial charge >= 0.3 is 0 Å². The van der Waals surface area contributed by atoms with Crippen LogP contribution in [0.2, 0.25) is 5.02 Å². The number of hydrogen-bond donors (Lipinski definition) is 1. The zero-order valence-corrected chi connectivity index (χ0v) is 19.5. The van der Waals surface area contributed by atoms with Crippen molar-refractivity contribution in [1.29, 1.82) is 0 Å². The normalized spacial score (nSPS) is 16.4. The van der Waals surface area contributed by atoms with Crippen LogP contribution in [-0.2, 0) is 17.8 Å². The monoisotopic (exact) mass is 464 g/mol. The van der Waals surface area contributed by atoms with Crippen molar-refractivity contribution in [3.8, 4) is 5.75 Å². The van der Waals surface area contributed by atoms with Crippen LogP contribution in [0.25, 0.3) is 0 Å². The largest absolute Gasteiger partial charge is 0.497 e. The molecular formula is C27H29ClN2O3. The minimum absolute atomic E-state index is 0.0785. The lowest BCUT2D eigenvalue weighted by Crippen LogP contribution is -2.38. The molecular weight excluding hydrogens is 436 g/mol. The van der Waals surface area contributed by atoms with Gasteiger partial charge < -0.3 is 14.7 Å². The topological polar surface area (TPSA) is 54.3 Å². The molecule has 0 fully saturated rings. The summed E-state index contributed by atoms with van der Waals surface area (Å²) in [7, 11) is 1.67. The Morgan fingerprint density at radius 1 is 1.06 bits per heavy atom. The fraction of sp³-hybridized carbons (Fsp3) is 0.296. The Labute approximate surface area is 200 Å². The van der Waals surface area contributed by atoms with Gasteiger partial charge in [0.1, 0.15) is 11.9 Å². The molecule has 3 aromatic carbocycles. The number of methoxy groups -OCH3 is 1. The van der Waals surface area contributed by atoms with Crippen LogP contribution >= 0.6 is 11.6 Å². The number of hydrogen-bond acceptors (Lipinski definition) is 5. The van der Waals surface area contributed by atoms with Crippen LogP contribution in [0, 0.1) is 0 Å². The van der Waals surface area contributed by atoms with E-state index in [1.54, 1.807) is 7.11 Å². The number of ether oxygens (including phenoxy) is 1. The molecule has 4 rings (SSSR count). The highest BCUT2D eigenvalue weighted by Crippen LogP contribution is 2.21. The molecule has 6 heteroatoms. The zero-order valence-electron chi connectivity index (χ0n) is 18.7. The molecule has 0 aliphatic carbocycles. The van der Waals surface area contributed by atoms with E-state index in [-0.39, 0.29) is 6.10 Å². The maximum Gasteiger partial charge on any atom is 0.145 e. The van der Waals surface area contributed by atoms with E-state index >= 15 is 0 Å². The first kappa shape index (κ1) is 23.3. The van der Waals surface area contributed by atoms with E-state index < -0.39 is 6.10 Å². The molecule has 33 heavy (non-hydrogen) atoms. The Morgan fingerprint density at radius 2 is 1.82 bits per heavy atom. The summed E-state index contributed by atoms with van der Waals surface area (Å²) in [5, 5.41) is 15.8. The van der Waals surface area contributed by atoms with E-state index in [0.717, 1.165) is 28.2 Å². The first-order valence-electron chi connectivity index (χ1n) is 11.1. The smallest absolute Gasteiger partial charge is 0.145 e. The van der Waals surface area contributed by atoms with Gasteiger partial charge in [-0.3, -0.25) is 4.90 Å². The molecule has 3 aromatic rings. The van der Waals surface area contributed by atoms with Crippen molar-refractivity contribution in [2.24, 2.45) is 5.16 Å². The molecule has 1 aliphatic rings. The summed E-state index contributed by atoms with van der Waals surface area (Å²) >= 11 is 6.01. The lowest BCUT2D eigenvalue weighted by atomic mass is 10.0. The number of oxime groups is 1. The fourth-order valence-electron chi connectivity index (χ4n) is 4.11. The van der Waals surface area contributed by atoms with Gasteiger partial charge in [0, 0.05) is 31.1 Å². The highest BCUT2D eigenvalue weighted by Gasteiger charge is 2.26. The van der Waals surface area contributed by atoms with Crippen LogP contribution in [-0.4, -0.2) is 48.1 Å². The average molecular weight is 465 g/mol. The molecule has 5 nitrogen and oxygen atoms in total. The summed E-state index contributed by atoms with van der Waals surface area (Å²) in [6, 6.07) is 25.7. The van der Waals surface area contributed by atoms with Gasteiger partial charge in [-0.15, -0.1) is 0 Å². The third-order valence-corrected chi connectivity index (χ3v) is 5.95. The predicted molar refractivity (Wildman–Crippen MR) is 132 cm³/mol. The second kappa shape index (κ2) is 11.3. The van der Waals surface area contributed by atoms with Crippen molar-refractivity contribution in [1.82, 2.24) is 4.90 Å². The molecule has 1 N–H and O–H groups in total. The Kier molecular flexibility index (Phi) is 8.00. The van der Waals surface area contributed by atoms with Crippen molar-refractivity contribution in [3.63, 3.8) is 0 Å². The molecule has 0 spiro atoms. The minimum atomic E-state index is -0.490. The Hall–Kier alpha value is -2.86. The Balaban J connectivity index is 1.42. The van der Waals surface area contributed by atoms with Crippen LogP contribution in [0.1, 0.15) is 23.1 Å². The fourth-order valence-corrected chi connectivity index (χ4v) is 4.23. The van der Waals surface area contributed by atoms with Crippen molar-refractivity contribution in [3.05, 3.63) is 101 Å². The standard InChI is InChI=1S/C27H29ClN2O3/c1-32-25-9-5-8-21(15-25)17-30(18-24(31)14-20-6-3-2-4-7-20)19-26-16-27(29-33-26)22-10-12-23(28)13-11-22/h2-13,15,24,26,31H,14,16-19H2,1H3/t24-,26-/m0/s1. The van der Waals surface area contributed by atoms with Gasteiger partial charge in [0.05, 0.1) is 18.9 Å². The number of aliphatic hydroxyl groups excluding tert-OH is 1. The Morgan fingerprint density at radius 3 is 2.58 bits per heavy atom. The van der Waals surface area contributed by atoms with Crippen LogP contribution in [0.15, 0.2) is 84.0 Å². The molecule has 1 aliphatic heterocycles. The molecule has 0 unspecified atom stereocenters. The number of benzene rings is 3. The highest BCUT2D eigenvalue weighted by atomic mass is 35.5. The van der Waals surface area contributed by atoms with Gasteiger partial charge in [0.25, 0.3) is 0 Å². The molecule has 0 saturated carbocycles. The van der Waals surface area contributed by atoms with Gasteiger partial charge in [-0.2, -0.15) is 0 Å². The van der Waals surface area contributed by atoms with Crippen LogP contribution in [0.4, 0.5) is 0 Å². The summed E-state index contributed by atoms with van der Waals surface area (Å²) in [4.78, 5) is 8.00. The third-order valence-electron chi connectivity index (χ3n) is 5.70. The maximum atomic E-state index is 10.8. The van der Waals surface area contributed by atoms with Crippen molar-refractivity contribution < 1.29 is 14.7 Å². The first-order valence-corrected chi connectivity index (χ1v) is 11.5. The van der Waals surface area contributed by atoms with Gasteiger partial charge in [0.2, 0.25) is 0 Å². The molecule has 0 amide bonds. The van der Waals surface area contributed by atoms with Gasteiger partial charge in [-0.1, -0.05) is 71.4 Å². The molecule has 172 valence electrons. The van der Waals surface area contributed by atoms with Gasteiger partial charge in [0.15, 0.2) is 0 Å². The molecule has 2 atom stereocenters.